The van der Waals surface area contributed by atoms with Gasteiger partial charge in [0.2, 0.25) is 15.8 Å². The summed E-state index contributed by atoms with van der Waals surface area (Å²) >= 11 is 0. The van der Waals surface area contributed by atoms with Crippen LogP contribution in [0.5, 0.6) is 0 Å². The number of Topliss-reactive ketones (excluding diaryl/α,β-unsaturated/α-hetero) is 1. The molecule has 0 aliphatic carbocycles. The Bertz CT molecular complexity index is 976. The van der Waals surface area contributed by atoms with Crippen LogP contribution in [-0.2, 0) is 19.6 Å². The third kappa shape index (κ3) is 4.71. The smallest absolute Gasteiger partial charge is 0.325 e. The van der Waals surface area contributed by atoms with Crippen LogP contribution < -0.4 is 0 Å². The average molecular weight is 419 g/mol. The molecular weight excluding hydrogens is 397 g/mol. The Morgan fingerprint density at radius 3 is 2.38 bits per heavy atom. The van der Waals surface area contributed by atoms with Crippen molar-refractivity contribution in [2.45, 2.75) is 43.2 Å². The largest absolute Gasteiger partial charge is 0.453 e. The normalized spacial score (nSPS) is 18.8. The van der Waals surface area contributed by atoms with E-state index in [0.29, 0.717) is 19.3 Å². The molecule has 1 heterocycles. The molecule has 0 saturated carbocycles. The molecule has 0 radical (unpaired) electrons. The quantitative estimate of drug-likeness (QED) is 0.531. The van der Waals surface area contributed by atoms with Crippen LogP contribution in [-0.4, -0.2) is 43.2 Å². The first-order chi connectivity index (χ1) is 13.8. The van der Waals surface area contributed by atoms with Gasteiger partial charge in [-0.2, -0.15) is 4.31 Å². The zero-order chi connectivity index (χ0) is 21.0. The molecule has 0 amide bonds. The maximum absolute atomic E-state index is 13.0. The van der Waals surface area contributed by atoms with Crippen LogP contribution in [0.2, 0.25) is 0 Å². The number of piperidine rings is 1. The number of nitrogens with zero attached hydrogens (tertiary/aromatic N) is 1. The van der Waals surface area contributed by atoms with Crippen molar-refractivity contribution in [2.75, 3.05) is 6.54 Å². The number of halogens is 1. The summed E-state index contributed by atoms with van der Waals surface area (Å²) in [4.78, 5) is 25.3. The summed E-state index contributed by atoms with van der Waals surface area (Å²) in [5.74, 6) is -1.71. The molecule has 2 aromatic carbocycles. The summed E-state index contributed by atoms with van der Waals surface area (Å²) in [5.41, 5.74) is 0.212. The lowest BCUT2D eigenvalue weighted by Gasteiger charge is -2.33. The zero-order valence-electron chi connectivity index (χ0n) is 16.0. The molecule has 0 spiro atoms. The van der Waals surface area contributed by atoms with Crippen LogP contribution in [0.1, 0.15) is 36.5 Å². The van der Waals surface area contributed by atoms with Crippen molar-refractivity contribution in [2.24, 2.45) is 0 Å². The Labute approximate surface area is 169 Å². The van der Waals surface area contributed by atoms with Crippen LogP contribution in [0.15, 0.2) is 59.5 Å². The van der Waals surface area contributed by atoms with Crippen molar-refractivity contribution in [1.29, 1.82) is 0 Å². The van der Waals surface area contributed by atoms with Gasteiger partial charge in [0.1, 0.15) is 11.9 Å². The van der Waals surface area contributed by atoms with E-state index >= 15 is 0 Å². The van der Waals surface area contributed by atoms with Crippen molar-refractivity contribution in [3.63, 3.8) is 0 Å². The summed E-state index contributed by atoms with van der Waals surface area (Å²) in [6, 6.07) is 11.8. The molecule has 8 heteroatoms. The predicted molar refractivity (Wildman–Crippen MR) is 104 cm³/mol. The molecule has 2 aromatic rings. The number of carbonyl (C=O) groups excluding carboxylic acids is 2. The minimum absolute atomic E-state index is 0.107. The highest BCUT2D eigenvalue weighted by Crippen LogP contribution is 2.26. The Kier molecular flexibility index (Phi) is 6.44. The van der Waals surface area contributed by atoms with E-state index in [1.54, 1.807) is 18.2 Å². The number of benzene rings is 2. The van der Waals surface area contributed by atoms with Crippen molar-refractivity contribution < 1.29 is 27.1 Å². The number of hydrogen-bond donors (Lipinski definition) is 0. The van der Waals surface area contributed by atoms with Gasteiger partial charge in [-0.1, -0.05) is 18.2 Å². The van der Waals surface area contributed by atoms with E-state index in [1.807, 2.05) is 0 Å². The van der Waals surface area contributed by atoms with Crippen LogP contribution in [0.3, 0.4) is 0 Å². The molecular formula is C21H22FNO5S. The third-order valence-corrected chi connectivity index (χ3v) is 6.79. The minimum Gasteiger partial charge on any atom is -0.453 e. The molecule has 154 valence electrons. The van der Waals surface area contributed by atoms with Gasteiger partial charge in [0, 0.05) is 12.1 Å². The molecule has 1 fully saturated rings. The highest BCUT2D eigenvalue weighted by Gasteiger charge is 2.39. The van der Waals surface area contributed by atoms with E-state index in [0.717, 1.165) is 16.4 Å². The Hall–Kier alpha value is -2.58. The second-order valence-electron chi connectivity index (χ2n) is 6.89. The molecule has 6 nitrogen and oxygen atoms in total. The van der Waals surface area contributed by atoms with E-state index in [1.165, 1.54) is 31.2 Å². The van der Waals surface area contributed by atoms with E-state index in [2.05, 4.69) is 0 Å². The molecule has 2 atom stereocenters. The summed E-state index contributed by atoms with van der Waals surface area (Å²) in [7, 11) is -3.86. The fourth-order valence-corrected chi connectivity index (χ4v) is 4.98. The average Bonchev–Trinajstić information content (AvgIpc) is 2.74. The molecule has 3 rings (SSSR count). The first kappa shape index (κ1) is 21.1. The molecule has 0 aromatic heterocycles. The topological polar surface area (TPSA) is 80.8 Å². The van der Waals surface area contributed by atoms with E-state index < -0.39 is 39.7 Å². The van der Waals surface area contributed by atoms with Crippen molar-refractivity contribution in [3.05, 3.63) is 66.0 Å². The van der Waals surface area contributed by atoms with E-state index in [9.17, 15) is 22.4 Å². The second-order valence-corrected chi connectivity index (χ2v) is 8.78. The Balaban J connectivity index is 1.76. The van der Waals surface area contributed by atoms with E-state index in [4.69, 9.17) is 4.74 Å². The summed E-state index contributed by atoms with van der Waals surface area (Å²) in [5, 5.41) is 0. The van der Waals surface area contributed by atoms with Crippen molar-refractivity contribution in [3.8, 4) is 0 Å². The lowest BCUT2D eigenvalue weighted by molar-refractivity contribution is -0.151. The fraction of sp³-hybridized carbons (Fsp3) is 0.333. The fourth-order valence-electron chi connectivity index (χ4n) is 3.31. The maximum Gasteiger partial charge on any atom is 0.325 e. The van der Waals surface area contributed by atoms with Gasteiger partial charge in [0.05, 0.1) is 4.90 Å². The number of carbonyl (C=O) groups is 2. The Morgan fingerprint density at radius 2 is 1.72 bits per heavy atom. The van der Waals surface area contributed by atoms with Gasteiger partial charge in [-0.25, -0.2) is 12.8 Å². The van der Waals surface area contributed by atoms with E-state index in [-0.39, 0.29) is 17.0 Å². The molecule has 1 saturated heterocycles. The van der Waals surface area contributed by atoms with Gasteiger partial charge >= 0.3 is 5.97 Å². The maximum atomic E-state index is 13.0. The second kappa shape index (κ2) is 8.84. The van der Waals surface area contributed by atoms with Crippen molar-refractivity contribution >= 4 is 21.8 Å². The number of hydrogen-bond acceptors (Lipinski definition) is 5. The SMILES string of the molecule is C[C@H](OC(=O)[C@@H]1CCCCN1S(=O)(=O)c1ccccc1)C(=O)c1ccc(F)cc1. The molecule has 0 bridgehead atoms. The number of esters is 1. The molecule has 29 heavy (non-hydrogen) atoms. The summed E-state index contributed by atoms with van der Waals surface area (Å²) in [6.45, 7) is 1.62. The number of rotatable bonds is 6. The van der Waals surface area contributed by atoms with Gasteiger partial charge in [-0.15, -0.1) is 0 Å². The zero-order valence-corrected chi connectivity index (χ0v) is 16.8. The highest BCUT2D eigenvalue weighted by molar-refractivity contribution is 7.89. The number of sulfonamides is 1. The van der Waals surface area contributed by atoms with Gasteiger partial charge in [0.15, 0.2) is 6.10 Å². The Morgan fingerprint density at radius 1 is 1.07 bits per heavy atom. The lowest BCUT2D eigenvalue weighted by Crippen LogP contribution is -2.49. The standard InChI is InChI=1S/C21H22FNO5S/c1-15(20(24)16-10-12-17(22)13-11-16)28-21(25)19-9-5-6-14-23(19)29(26,27)18-7-3-2-4-8-18/h2-4,7-8,10-13,15,19H,5-6,9,14H2,1H3/t15-,19-/m0/s1. The lowest BCUT2D eigenvalue weighted by atomic mass is 10.0. The molecule has 1 aliphatic heterocycles. The number of ether oxygens (including phenoxy) is 1. The monoisotopic (exact) mass is 419 g/mol. The van der Waals surface area contributed by atoms with Crippen LogP contribution in [0, 0.1) is 5.82 Å². The molecule has 0 N–H and O–H groups in total. The summed E-state index contributed by atoms with van der Waals surface area (Å²) in [6.07, 6.45) is 0.527. The third-order valence-electron chi connectivity index (χ3n) is 4.87. The molecule has 0 unspecified atom stereocenters. The van der Waals surface area contributed by atoms with Crippen LogP contribution in [0.4, 0.5) is 4.39 Å². The van der Waals surface area contributed by atoms with Crippen LogP contribution >= 0.6 is 0 Å². The predicted octanol–water partition coefficient (Wildman–Crippen LogP) is 3.18. The van der Waals surface area contributed by atoms with Gasteiger partial charge < -0.3 is 4.74 Å². The minimum atomic E-state index is -3.86. The molecule has 1 aliphatic rings. The summed E-state index contributed by atoms with van der Waals surface area (Å²) < 4.78 is 45.5. The van der Waals surface area contributed by atoms with Gasteiger partial charge in [0.25, 0.3) is 0 Å². The highest BCUT2D eigenvalue weighted by atomic mass is 32.2. The van der Waals surface area contributed by atoms with Crippen LogP contribution in [0.25, 0.3) is 0 Å². The first-order valence-corrected chi connectivity index (χ1v) is 10.8. The van der Waals surface area contributed by atoms with Gasteiger partial charge in [-0.3, -0.25) is 9.59 Å². The first-order valence-electron chi connectivity index (χ1n) is 9.38. The number of ketones is 1. The van der Waals surface area contributed by atoms with Gasteiger partial charge in [-0.05, 0) is 62.6 Å². The van der Waals surface area contributed by atoms with Crippen molar-refractivity contribution in [1.82, 2.24) is 4.31 Å².